The van der Waals surface area contributed by atoms with Crippen molar-refractivity contribution in [2.24, 2.45) is 5.92 Å². The van der Waals surface area contributed by atoms with Crippen molar-refractivity contribution in [2.45, 2.75) is 45.4 Å². The molecule has 19 heavy (non-hydrogen) atoms. The van der Waals surface area contributed by atoms with Gasteiger partial charge in [0.25, 0.3) is 5.91 Å². The number of aryl methyl sites for hydroxylation is 1. The van der Waals surface area contributed by atoms with Gasteiger partial charge in [-0.25, -0.2) is 0 Å². The number of pyridine rings is 1. The maximum atomic E-state index is 11.8. The molecule has 1 saturated carbocycles. The molecule has 4 heteroatoms. The van der Waals surface area contributed by atoms with Gasteiger partial charge in [0.2, 0.25) is 0 Å². The molecule has 1 aromatic rings. The van der Waals surface area contributed by atoms with Crippen LogP contribution in [0.15, 0.2) is 17.1 Å². The van der Waals surface area contributed by atoms with E-state index >= 15 is 0 Å². The van der Waals surface area contributed by atoms with Crippen molar-refractivity contribution in [3.8, 4) is 0 Å². The van der Waals surface area contributed by atoms with E-state index in [4.69, 9.17) is 0 Å². The van der Waals surface area contributed by atoms with Crippen LogP contribution < -0.4 is 10.7 Å². The summed E-state index contributed by atoms with van der Waals surface area (Å²) in [5, 5.41) is 2.82. The maximum absolute atomic E-state index is 11.8. The molecule has 2 rings (SSSR count). The first-order valence-corrected chi connectivity index (χ1v) is 7.14. The molecule has 0 bridgehead atoms. The number of hydrogen-bond acceptors (Lipinski definition) is 2. The van der Waals surface area contributed by atoms with Crippen molar-refractivity contribution in [1.82, 2.24) is 10.3 Å². The smallest absolute Gasteiger partial charge is 0.256 e. The minimum absolute atomic E-state index is 0.200. The highest BCUT2D eigenvalue weighted by molar-refractivity contribution is 5.93. The summed E-state index contributed by atoms with van der Waals surface area (Å²) in [5.74, 6) is 0.576. The molecule has 1 amide bonds. The fraction of sp³-hybridized carbons (Fsp3) is 0.600. The number of hydrogen-bond donors (Lipinski definition) is 2. The van der Waals surface area contributed by atoms with Crippen LogP contribution in [0.3, 0.4) is 0 Å². The lowest BCUT2D eigenvalue weighted by Gasteiger charge is -2.09. The van der Waals surface area contributed by atoms with E-state index in [1.807, 2.05) is 0 Å². The average Bonchev–Trinajstić information content (AvgIpc) is 2.87. The second-order valence-corrected chi connectivity index (χ2v) is 5.44. The number of carbonyl (C=O) groups is 1. The Morgan fingerprint density at radius 3 is 2.84 bits per heavy atom. The van der Waals surface area contributed by atoms with Gasteiger partial charge in [0.15, 0.2) is 5.43 Å². The minimum atomic E-state index is -0.271. The number of nitrogens with one attached hydrogen (secondary N) is 2. The summed E-state index contributed by atoms with van der Waals surface area (Å²) >= 11 is 0. The van der Waals surface area contributed by atoms with Crippen LogP contribution in [0.4, 0.5) is 0 Å². The quantitative estimate of drug-likeness (QED) is 0.800. The molecule has 1 aliphatic rings. The van der Waals surface area contributed by atoms with Crippen molar-refractivity contribution in [3.63, 3.8) is 0 Å². The van der Waals surface area contributed by atoms with Gasteiger partial charge in [0.05, 0.1) is 0 Å². The molecule has 0 aliphatic heterocycles. The van der Waals surface area contributed by atoms with Gasteiger partial charge in [-0.1, -0.05) is 25.7 Å². The first-order chi connectivity index (χ1) is 9.16. The molecule has 0 spiro atoms. The number of H-pyrrole nitrogens is 1. The van der Waals surface area contributed by atoms with Crippen LogP contribution >= 0.6 is 0 Å². The average molecular weight is 262 g/mol. The van der Waals surface area contributed by atoms with E-state index in [9.17, 15) is 9.59 Å². The molecule has 1 fully saturated rings. The van der Waals surface area contributed by atoms with Crippen molar-refractivity contribution in [3.05, 3.63) is 33.7 Å². The topological polar surface area (TPSA) is 62.0 Å². The van der Waals surface area contributed by atoms with Gasteiger partial charge >= 0.3 is 0 Å². The number of aromatic amines is 1. The van der Waals surface area contributed by atoms with E-state index < -0.39 is 0 Å². The van der Waals surface area contributed by atoms with Crippen LogP contribution in [0, 0.1) is 12.8 Å². The third kappa shape index (κ3) is 3.94. The van der Waals surface area contributed by atoms with E-state index in [0.717, 1.165) is 18.0 Å². The third-order valence-corrected chi connectivity index (χ3v) is 3.85. The Balaban J connectivity index is 1.76. The molecule has 104 valence electrons. The Hall–Kier alpha value is -1.58. The Morgan fingerprint density at radius 2 is 2.16 bits per heavy atom. The zero-order valence-electron chi connectivity index (χ0n) is 11.5. The minimum Gasteiger partial charge on any atom is -0.364 e. The molecule has 2 N–H and O–H groups in total. The summed E-state index contributed by atoms with van der Waals surface area (Å²) in [4.78, 5) is 26.4. The molecule has 0 atom stereocenters. The highest BCUT2D eigenvalue weighted by atomic mass is 16.2. The molecule has 1 heterocycles. The summed E-state index contributed by atoms with van der Waals surface area (Å²) in [5.41, 5.74) is 0.749. The molecular weight excluding hydrogens is 240 g/mol. The number of amides is 1. The number of carbonyl (C=O) groups excluding carboxylic acids is 1. The molecule has 0 aromatic carbocycles. The second kappa shape index (κ2) is 6.55. The summed E-state index contributed by atoms with van der Waals surface area (Å²) in [6.45, 7) is 2.45. The standard InChI is InChI=1S/C15H22N2O2/c1-11-9-14(18)13(10-17-11)15(19)16-8-4-7-12-5-2-3-6-12/h9-10,12H,2-8H2,1H3,(H,16,19)(H,17,18). The monoisotopic (exact) mass is 262 g/mol. The maximum Gasteiger partial charge on any atom is 0.256 e. The van der Waals surface area contributed by atoms with Crippen LogP contribution in [-0.2, 0) is 0 Å². The summed E-state index contributed by atoms with van der Waals surface area (Å²) in [6, 6.07) is 1.45. The SMILES string of the molecule is Cc1cc(=O)c(C(=O)NCCCC2CCCC2)c[nH]1. The van der Waals surface area contributed by atoms with Gasteiger partial charge in [-0.3, -0.25) is 9.59 Å². The van der Waals surface area contributed by atoms with E-state index in [-0.39, 0.29) is 16.9 Å². The summed E-state index contributed by atoms with van der Waals surface area (Å²) in [6.07, 6.45) is 9.07. The summed E-state index contributed by atoms with van der Waals surface area (Å²) < 4.78 is 0. The van der Waals surface area contributed by atoms with Gasteiger partial charge in [-0.05, 0) is 25.7 Å². The van der Waals surface area contributed by atoms with Gasteiger partial charge in [0, 0.05) is 24.5 Å². The van der Waals surface area contributed by atoms with Crippen LogP contribution in [0.5, 0.6) is 0 Å². The molecule has 0 unspecified atom stereocenters. The first-order valence-electron chi connectivity index (χ1n) is 7.14. The Morgan fingerprint density at radius 1 is 1.42 bits per heavy atom. The highest BCUT2D eigenvalue weighted by Gasteiger charge is 2.14. The van der Waals surface area contributed by atoms with Crippen molar-refractivity contribution in [1.29, 1.82) is 0 Å². The first kappa shape index (κ1) is 13.8. The van der Waals surface area contributed by atoms with Crippen molar-refractivity contribution in [2.75, 3.05) is 6.54 Å². The van der Waals surface area contributed by atoms with E-state index in [1.165, 1.54) is 44.4 Å². The predicted molar refractivity (Wildman–Crippen MR) is 75.3 cm³/mol. The van der Waals surface area contributed by atoms with E-state index in [2.05, 4.69) is 10.3 Å². The zero-order valence-corrected chi connectivity index (χ0v) is 11.5. The Labute approximate surface area is 113 Å². The molecule has 4 nitrogen and oxygen atoms in total. The number of aromatic nitrogens is 1. The van der Waals surface area contributed by atoms with Crippen molar-refractivity contribution < 1.29 is 4.79 Å². The van der Waals surface area contributed by atoms with E-state index in [0.29, 0.717) is 6.54 Å². The molecule has 0 saturated heterocycles. The fourth-order valence-electron chi connectivity index (χ4n) is 2.74. The third-order valence-electron chi connectivity index (χ3n) is 3.85. The summed E-state index contributed by atoms with van der Waals surface area (Å²) in [7, 11) is 0. The molecular formula is C15H22N2O2. The fourth-order valence-corrected chi connectivity index (χ4v) is 2.74. The highest BCUT2D eigenvalue weighted by Crippen LogP contribution is 2.28. The zero-order chi connectivity index (χ0) is 13.7. The van der Waals surface area contributed by atoms with Crippen LogP contribution in [-0.4, -0.2) is 17.4 Å². The van der Waals surface area contributed by atoms with Crippen molar-refractivity contribution >= 4 is 5.91 Å². The van der Waals surface area contributed by atoms with Crippen LogP contribution in [0.25, 0.3) is 0 Å². The van der Waals surface area contributed by atoms with Crippen LogP contribution in [0.2, 0.25) is 0 Å². The molecule has 1 aromatic heterocycles. The lowest BCUT2D eigenvalue weighted by molar-refractivity contribution is 0.0951. The molecule has 1 aliphatic carbocycles. The lowest BCUT2D eigenvalue weighted by Crippen LogP contribution is -2.29. The van der Waals surface area contributed by atoms with E-state index in [1.54, 1.807) is 6.92 Å². The lowest BCUT2D eigenvalue weighted by atomic mass is 10.0. The Bertz CT molecular complexity index is 487. The largest absolute Gasteiger partial charge is 0.364 e. The van der Waals surface area contributed by atoms with Gasteiger partial charge in [0.1, 0.15) is 5.56 Å². The van der Waals surface area contributed by atoms with Gasteiger partial charge in [-0.2, -0.15) is 0 Å². The van der Waals surface area contributed by atoms with Crippen LogP contribution in [0.1, 0.15) is 54.6 Å². The second-order valence-electron chi connectivity index (χ2n) is 5.44. The van der Waals surface area contributed by atoms with Gasteiger partial charge < -0.3 is 10.3 Å². The Kier molecular flexibility index (Phi) is 4.77. The molecule has 0 radical (unpaired) electrons. The predicted octanol–water partition coefficient (Wildman–Crippen LogP) is 2.38. The normalized spacial score (nSPS) is 15.6. The van der Waals surface area contributed by atoms with Gasteiger partial charge in [-0.15, -0.1) is 0 Å². The number of rotatable bonds is 5.